The lowest BCUT2D eigenvalue weighted by atomic mass is 10.0. The Morgan fingerprint density at radius 1 is 0.400 bits per heavy atom. The van der Waals surface area contributed by atoms with Gasteiger partial charge in [0.1, 0.15) is 0 Å². The van der Waals surface area contributed by atoms with Gasteiger partial charge in [-0.25, -0.2) is 0 Å². The summed E-state index contributed by atoms with van der Waals surface area (Å²) in [5.74, 6) is 0.875. The number of aliphatic hydroxyl groups is 1. The van der Waals surface area contributed by atoms with Gasteiger partial charge in [-0.05, 0) is 18.8 Å². The van der Waals surface area contributed by atoms with Crippen molar-refractivity contribution < 1.29 is 5.11 Å². The maximum atomic E-state index is 10.2. The molecule has 0 bridgehead atoms. The van der Waals surface area contributed by atoms with Crippen LogP contribution in [0.4, 0.5) is 0 Å². The number of hydrogen-bond acceptors (Lipinski definition) is 1. The minimum Gasteiger partial charge on any atom is -0.393 e. The SMILES string of the molecule is CCCCCCCCCCCCCCC(O)CCCCCCCCCCCC(C)C. The smallest absolute Gasteiger partial charge is 0.0540 e. The number of hydrogen-bond donors (Lipinski definition) is 1. The van der Waals surface area contributed by atoms with Crippen LogP contribution in [0.1, 0.15) is 175 Å². The molecule has 0 aliphatic rings. The van der Waals surface area contributed by atoms with Crippen LogP contribution in [0.25, 0.3) is 0 Å². The van der Waals surface area contributed by atoms with E-state index in [1.807, 2.05) is 0 Å². The highest BCUT2D eigenvalue weighted by atomic mass is 16.3. The number of aliphatic hydroxyl groups excluding tert-OH is 1. The maximum Gasteiger partial charge on any atom is 0.0540 e. The third-order valence-corrected chi connectivity index (χ3v) is 6.71. The van der Waals surface area contributed by atoms with E-state index in [2.05, 4.69) is 20.8 Å². The molecule has 0 aliphatic heterocycles. The minimum absolute atomic E-state index is 0.0333. The van der Waals surface area contributed by atoms with Crippen molar-refractivity contribution in [3.05, 3.63) is 0 Å². The molecule has 0 aromatic rings. The molecule has 0 amide bonds. The molecule has 1 N–H and O–H groups in total. The van der Waals surface area contributed by atoms with E-state index in [4.69, 9.17) is 0 Å². The largest absolute Gasteiger partial charge is 0.393 e. The summed E-state index contributed by atoms with van der Waals surface area (Å²) in [4.78, 5) is 0. The second-order valence-corrected chi connectivity index (χ2v) is 10.5. The fraction of sp³-hybridized carbons (Fsp3) is 1.00. The van der Waals surface area contributed by atoms with Gasteiger partial charge in [0, 0.05) is 0 Å². The second kappa shape index (κ2) is 25.2. The summed E-state index contributed by atoms with van der Waals surface area (Å²) < 4.78 is 0. The summed E-state index contributed by atoms with van der Waals surface area (Å²) >= 11 is 0. The predicted molar refractivity (Wildman–Crippen MR) is 137 cm³/mol. The van der Waals surface area contributed by atoms with Crippen LogP contribution in [-0.4, -0.2) is 11.2 Å². The zero-order valence-corrected chi connectivity index (χ0v) is 21.6. The van der Waals surface area contributed by atoms with Crippen LogP contribution < -0.4 is 0 Å². The molecule has 1 atom stereocenters. The summed E-state index contributed by atoms with van der Waals surface area (Å²) in [7, 11) is 0. The lowest BCUT2D eigenvalue weighted by Crippen LogP contribution is -2.05. The van der Waals surface area contributed by atoms with Gasteiger partial charge < -0.3 is 5.11 Å². The molecular weight excluding hydrogens is 364 g/mol. The maximum absolute atomic E-state index is 10.2. The number of unbranched alkanes of at least 4 members (excludes halogenated alkanes) is 19. The Morgan fingerprint density at radius 2 is 0.667 bits per heavy atom. The zero-order chi connectivity index (χ0) is 22.1. The van der Waals surface area contributed by atoms with Crippen LogP contribution in [0, 0.1) is 5.92 Å². The van der Waals surface area contributed by atoms with Crippen molar-refractivity contribution in [3.63, 3.8) is 0 Å². The van der Waals surface area contributed by atoms with E-state index in [1.54, 1.807) is 0 Å². The molecule has 0 radical (unpaired) electrons. The molecule has 0 aliphatic carbocycles. The Labute approximate surface area is 192 Å². The molecule has 1 nitrogen and oxygen atoms in total. The topological polar surface area (TPSA) is 20.2 Å². The Bertz CT molecular complexity index is 299. The van der Waals surface area contributed by atoms with Gasteiger partial charge in [-0.2, -0.15) is 0 Å². The van der Waals surface area contributed by atoms with Gasteiger partial charge in [0.05, 0.1) is 6.10 Å². The zero-order valence-electron chi connectivity index (χ0n) is 21.6. The van der Waals surface area contributed by atoms with Crippen molar-refractivity contribution in [1.82, 2.24) is 0 Å². The van der Waals surface area contributed by atoms with Crippen LogP contribution in [0.5, 0.6) is 0 Å². The van der Waals surface area contributed by atoms with E-state index in [0.29, 0.717) is 0 Å². The first-order valence-corrected chi connectivity index (χ1v) is 14.3. The minimum atomic E-state index is -0.0333. The van der Waals surface area contributed by atoms with Crippen molar-refractivity contribution >= 4 is 0 Å². The van der Waals surface area contributed by atoms with Crippen LogP contribution in [0.3, 0.4) is 0 Å². The van der Waals surface area contributed by atoms with E-state index in [-0.39, 0.29) is 6.10 Å². The molecule has 0 saturated heterocycles. The molecule has 0 aromatic heterocycles. The Kier molecular flexibility index (Phi) is 25.2. The molecular formula is C29H60O. The summed E-state index contributed by atoms with van der Waals surface area (Å²) in [6.07, 6.45) is 32.7. The normalized spacial score (nSPS) is 12.7. The fourth-order valence-corrected chi connectivity index (χ4v) is 4.54. The van der Waals surface area contributed by atoms with Gasteiger partial charge >= 0.3 is 0 Å². The quantitative estimate of drug-likeness (QED) is 0.144. The molecule has 0 saturated carbocycles. The third-order valence-electron chi connectivity index (χ3n) is 6.71. The van der Waals surface area contributed by atoms with E-state index >= 15 is 0 Å². The van der Waals surface area contributed by atoms with Crippen molar-refractivity contribution in [3.8, 4) is 0 Å². The Morgan fingerprint density at radius 3 is 0.967 bits per heavy atom. The van der Waals surface area contributed by atoms with E-state index < -0.39 is 0 Å². The fourth-order valence-electron chi connectivity index (χ4n) is 4.54. The lowest BCUT2D eigenvalue weighted by Gasteiger charge is -2.10. The monoisotopic (exact) mass is 424 g/mol. The molecule has 1 heteroatoms. The highest BCUT2D eigenvalue weighted by Crippen LogP contribution is 2.16. The van der Waals surface area contributed by atoms with Crippen molar-refractivity contribution in [1.29, 1.82) is 0 Å². The van der Waals surface area contributed by atoms with Gasteiger partial charge in [0.25, 0.3) is 0 Å². The average Bonchev–Trinajstić information content (AvgIpc) is 2.72. The van der Waals surface area contributed by atoms with E-state index in [9.17, 15) is 5.11 Å². The Balaban J connectivity index is 3.14. The van der Waals surface area contributed by atoms with E-state index in [0.717, 1.165) is 18.8 Å². The predicted octanol–water partition coefficient (Wildman–Crippen LogP) is 10.4. The molecule has 0 rings (SSSR count). The highest BCUT2D eigenvalue weighted by molar-refractivity contribution is 4.58. The molecule has 182 valence electrons. The van der Waals surface area contributed by atoms with Crippen LogP contribution in [0.2, 0.25) is 0 Å². The molecule has 0 aromatic carbocycles. The molecule has 30 heavy (non-hydrogen) atoms. The first kappa shape index (κ1) is 30.0. The summed E-state index contributed by atoms with van der Waals surface area (Å²) in [6.45, 7) is 6.95. The lowest BCUT2D eigenvalue weighted by molar-refractivity contribution is 0.147. The van der Waals surface area contributed by atoms with Gasteiger partial charge in [-0.3, -0.25) is 0 Å². The van der Waals surface area contributed by atoms with Gasteiger partial charge in [0.15, 0.2) is 0 Å². The third kappa shape index (κ3) is 26.0. The van der Waals surface area contributed by atoms with Crippen molar-refractivity contribution in [2.75, 3.05) is 0 Å². The van der Waals surface area contributed by atoms with Crippen LogP contribution >= 0.6 is 0 Å². The molecule has 0 spiro atoms. The molecule has 0 fully saturated rings. The summed E-state index contributed by atoms with van der Waals surface area (Å²) in [5, 5.41) is 10.2. The van der Waals surface area contributed by atoms with Crippen molar-refractivity contribution in [2.24, 2.45) is 5.92 Å². The first-order valence-electron chi connectivity index (χ1n) is 14.3. The van der Waals surface area contributed by atoms with Gasteiger partial charge in [-0.1, -0.05) is 162 Å². The second-order valence-electron chi connectivity index (χ2n) is 10.5. The summed E-state index contributed by atoms with van der Waals surface area (Å²) in [5.41, 5.74) is 0. The first-order chi connectivity index (χ1) is 14.7. The van der Waals surface area contributed by atoms with Crippen LogP contribution in [0.15, 0.2) is 0 Å². The number of rotatable bonds is 25. The van der Waals surface area contributed by atoms with Crippen LogP contribution in [-0.2, 0) is 0 Å². The molecule has 0 heterocycles. The van der Waals surface area contributed by atoms with Gasteiger partial charge in [0.2, 0.25) is 0 Å². The molecule has 1 unspecified atom stereocenters. The van der Waals surface area contributed by atoms with E-state index in [1.165, 1.54) is 141 Å². The van der Waals surface area contributed by atoms with Crippen molar-refractivity contribution in [2.45, 2.75) is 181 Å². The summed E-state index contributed by atoms with van der Waals surface area (Å²) in [6, 6.07) is 0. The highest BCUT2D eigenvalue weighted by Gasteiger charge is 2.04. The average molecular weight is 425 g/mol. The van der Waals surface area contributed by atoms with Gasteiger partial charge in [-0.15, -0.1) is 0 Å². The Hall–Kier alpha value is -0.0400. The standard InChI is InChI=1S/C29H60O/c1-4-5-6-7-8-9-10-11-14-17-20-23-26-29(30)27-24-21-18-15-12-13-16-19-22-25-28(2)3/h28-30H,4-27H2,1-3H3.